The van der Waals surface area contributed by atoms with Gasteiger partial charge in [0.05, 0.1) is 0 Å². The molecular weight excluding hydrogens is 586 g/mol. The number of rotatable bonds is 37. The molecular formula is C41H77NO5. The zero-order chi connectivity index (χ0) is 34.5. The maximum Gasteiger partial charge on any atom is 0.322 e. The van der Waals surface area contributed by atoms with E-state index in [1.807, 2.05) is 0 Å². The molecule has 6 heteroatoms. The number of nitrogens with one attached hydrogen (secondary N) is 1. The number of carboxylic acids is 1. The highest BCUT2D eigenvalue weighted by Gasteiger charge is 2.12. The van der Waals surface area contributed by atoms with Gasteiger partial charge in [0, 0.05) is 12.8 Å². The first-order chi connectivity index (χ1) is 23.0. The summed E-state index contributed by atoms with van der Waals surface area (Å²) in [5, 5.41) is 11.1. The highest BCUT2D eigenvalue weighted by atomic mass is 16.5. The Morgan fingerprint density at radius 1 is 0.553 bits per heavy atom. The zero-order valence-electron chi connectivity index (χ0n) is 31.1. The Kier molecular flexibility index (Phi) is 35.5. The minimum atomic E-state index is -1.02. The smallest absolute Gasteiger partial charge is 0.322 e. The highest BCUT2D eigenvalue weighted by Crippen LogP contribution is 2.17. The van der Waals surface area contributed by atoms with E-state index in [4.69, 9.17) is 9.84 Å². The van der Waals surface area contributed by atoms with Crippen LogP contribution >= 0.6 is 0 Å². The first kappa shape index (κ1) is 45.2. The van der Waals surface area contributed by atoms with E-state index in [0.29, 0.717) is 12.8 Å². The third kappa shape index (κ3) is 36.8. The molecule has 0 aliphatic heterocycles. The molecule has 0 spiro atoms. The predicted octanol–water partition coefficient (Wildman–Crippen LogP) is 12.2. The summed E-state index contributed by atoms with van der Waals surface area (Å²) in [4.78, 5) is 34.8. The van der Waals surface area contributed by atoms with Crippen molar-refractivity contribution in [3.05, 3.63) is 12.2 Å². The molecule has 0 aliphatic rings. The molecule has 0 aromatic rings. The van der Waals surface area contributed by atoms with Crippen LogP contribution in [0.5, 0.6) is 0 Å². The number of carbonyl (C=O) groups is 3. The predicted molar refractivity (Wildman–Crippen MR) is 199 cm³/mol. The lowest BCUT2D eigenvalue weighted by Gasteiger charge is -2.15. The van der Waals surface area contributed by atoms with E-state index in [9.17, 15) is 14.4 Å². The molecule has 0 fully saturated rings. The summed E-state index contributed by atoms with van der Waals surface area (Å²) in [6.07, 6.45) is 42.2. The van der Waals surface area contributed by atoms with Crippen molar-refractivity contribution in [3.8, 4) is 0 Å². The summed E-state index contributed by atoms with van der Waals surface area (Å²) in [6.45, 7) is 4.19. The molecule has 1 unspecified atom stereocenters. The Bertz CT molecular complexity index is 737. The standard InChI is InChI=1S/C41H77NO5/c1-3-5-7-9-11-12-13-14-15-16-17-18-19-20-21-22-24-26-32-36-41(46)47-38(33-29-25-23-10-8-6-4-2)34-30-27-28-31-35-39(43)42-37-40(44)45/h29,33,38H,3-28,30-32,34-37H2,1-2H3,(H,42,43)(H,44,45)/b33-29-. The van der Waals surface area contributed by atoms with E-state index >= 15 is 0 Å². The molecule has 47 heavy (non-hydrogen) atoms. The summed E-state index contributed by atoms with van der Waals surface area (Å²) in [7, 11) is 0. The topological polar surface area (TPSA) is 92.7 Å². The summed E-state index contributed by atoms with van der Waals surface area (Å²) in [5.41, 5.74) is 0. The number of unbranched alkanes of at least 4 members (excludes halogenated alkanes) is 26. The maximum atomic E-state index is 12.6. The van der Waals surface area contributed by atoms with Crippen molar-refractivity contribution >= 4 is 17.8 Å². The van der Waals surface area contributed by atoms with Gasteiger partial charge in [-0.15, -0.1) is 0 Å². The minimum absolute atomic E-state index is 0.0790. The van der Waals surface area contributed by atoms with Crippen LogP contribution in [0.2, 0.25) is 0 Å². The number of carboxylic acid groups (broad SMARTS) is 1. The van der Waals surface area contributed by atoms with Crippen LogP contribution in [0.15, 0.2) is 12.2 Å². The van der Waals surface area contributed by atoms with E-state index in [0.717, 1.165) is 51.4 Å². The molecule has 0 rings (SSSR count). The Hall–Kier alpha value is -1.85. The van der Waals surface area contributed by atoms with Crippen LogP contribution in [-0.2, 0) is 19.1 Å². The van der Waals surface area contributed by atoms with Gasteiger partial charge in [-0.2, -0.15) is 0 Å². The lowest BCUT2D eigenvalue weighted by atomic mass is 10.0. The van der Waals surface area contributed by atoms with Crippen LogP contribution in [0.25, 0.3) is 0 Å². The van der Waals surface area contributed by atoms with Crippen molar-refractivity contribution in [1.29, 1.82) is 0 Å². The fourth-order valence-corrected chi connectivity index (χ4v) is 6.13. The van der Waals surface area contributed by atoms with Crippen molar-refractivity contribution in [2.75, 3.05) is 6.54 Å². The Labute approximate surface area is 291 Å². The number of hydrogen-bond acceptors (Lipinski definition) is 4. The van der Waals surface area contributed by atoms with Crippen molar-refractivity contribution in [2.24, 2.45) is 0 Å². The molecule has 0 saturated carbocycles. The maximum absolute atomic E-state index is 12.6. The van der Waals surface area contributed by atoms with Gasteiger partial charge >= 0.3 is 11.9 Å². The monoisotopic (exact) mass is 664 g/mol. The minimum Gasteiger partial charge on any atom is -0.480 e. The molecule has 0 saturated heterocycles. The third-order valence-corrected chi connectivity index (χ3v) is 9.17. The van der Waals surface area contributed by atoms with Gasteiger partial charge < -0.3 is 15.2 Å². The molecule has 0 bridgehead atoms. The van der Waals surface area contributed by atoms with Gasteiger partial charge in [0.25, 0.3) is 0 Å². The van der Waals surface area contributed by atoms with Gasteiger partial charge in [-0.05, 0) is 44.6 Å². The number of carbonyl (C=O) groups excluding carboxylic acids is 2. The molecule has 0 aromatic heterocycles. The number of esters is 1. The number of ether oxygens (including phenoxy) is 1. The van der Waals surface area contributed by atoms with E-state index < -0.39 is 5.97 Å². The Morgan fingerprint density at radius 2 is 0.957 bits per heavy atom. The van der Waals surface area contributed by atoms with Crippen LogP contribution < -0.4 is 5.32 Å². The lowest BCUT2D eigenvalue weighted by Crippen LogP contribution is -2.28. The molecule has 2 N–H and O–H groups in total. The molecule has 276 valence electrons. The molecule has 6 nitrogen and oxygen atoms in total. The lowest BCUT2D eigenvalue weighted by molar-refractivity contribution is -0.147. The summed E-state index contributed by atoms with van der Waals surface area (Å²) in [5.74, 6) is -1.32. The average Bonchev–Trinajstić information content (AvgIpc) is 3.05. The third-order valence-electron chi connectivity index (χ3n) is 9.17. The van der Waals surface area contributed by atoms with Crippen LogP contribution in [0.3, 0.4) is 0 Å². The molecule has 1 amide bonds. The molecule has 1 atom stereocenters. The first-order valence-electron chi connectivity index (χ1n) is 20.3. The number of allylic oxidation sites excluding steroid dienone is 1. The van der Waals surface area contributed by atoms with Gasteiger partial charge in [-0.1, -0.05) is 174 Å². The Balaban J connectivity index is 3.94. The van der Waals surface area contributed by atoms with Crippen molar-refractivity contribution < 1.29 is 24.2 Å². The van der Waals surface area contributed by atoms with Gasteiger partial charge in [0.15, 0.2) is 0 Å². The second-order valence-corrected chi connectivity index (χ2v) is 13.9. The second-order valence-electron chi connectivity index (χ2n) is 13.9. The molecule has 0 aromatic carbocycles. The summed E-state index contributed by atoms with van der Waals surface area (Å²) < 4.78 is 5.89. The van der Waals surface area contributed by atoms with E-state index in [1.165, 1.54) is 141 Å². The first-order valence-corrected chi connectivity index (χ1v) is 20.3. The highest BCUT2D eigenvalue weighted by molar-refractivity contribution is 5.80. The van der Waals surface area contributed by atoms with E-state index in [1.54, 1.807) is 0 Å². The van der Waals surface area contributed by atoms with E-state index in [-0.39, 0.29) is 24.5 Å². The van der Waals surface area contributed by atoms with E-state index in [2.05, 4.69) is 31.3 Å². The number of aliphatic carboxylic acids is 1. The van der Waals surface area contributed by atoms with Gasteiger partial charge in [-0.25, -0.2) is 0 Å². The van der Waals surface area contributed by atoms with Gasteiger partial charge in [0.2, 0.25) is 5.91 Å². The van der Waals surface area contributed by atoms with Gasteiger partial charge in [0.1, 0.15) is 12.6 Å². The SMILES string of the molecule is CCCCCCC/C=C\C(CCCCCCC(=O)NCC(=O)O)OC(=O)CCCCCCCCCCCCCCCCCCCCC. The van der Waals surface area contributed by atoms with Crippen LogP contribution in [-0.4, -0.2) is 35.6 Å². The number of amides is 1. The van der Waals surface area contributed by atoms with Crippen molar-refractivity contribution in [2.45, 2.75) is 225 Å². The Morgan fingerprint density at radius 3 is 1.43 bits per heavy atom. The quantitative estimate of drug-likeness (QED) is 0.0392. The van der Waals surface area contributed by atoms with Crippen LogP contribution in [0, 0.1) is 0 Å². The summed E-state index contributed by atoms with van der Waals surface area (Å²) >= 11 is 0. The molecule has 0 heterocycles. The van der Waals surface area contributed by atoms with Crippen LogP contribution in [0.4, 0.5) is 0 Å². The fraction of sp³-hybridized carbons (Fsp3) is 0.878. The molecule has 0 aliphatic carbocycles. The zero-order valence-corrected chi connectivity index (χ0v) is 31.1. The van der Waals surface area contributed by atoms with Crippen molar-refractivity contribution in [1.82, 2.24) is 5.32 Å². The van der Waals surface area contributed by atoms with Gasteiger partial charge in [-0.3, -0.25) is 14.4 Å². The van der Waals surface area contributed by atoms with Crippen LogP contribution in [0.1, 0.15) is 219 Å². The fourth-order valence-electron chi connectivity index (χ4n) is 6.13. The summed E-state index contributed by atoms with van der Waals surface area (Å²) in [6, 6.07) is 0. The largest absolute Gasteiger partial charge is 0.480 e. The number of hydrogen-bond donors (Lipinski definition) is 2. The molecule has 0 radical (unpaired) electrons. The second kappa shape index (κ2) is 37.0. The normalized spacial score (nSPS) is 12.0. The average molecular weight is 664 g/mol. The van der Waals surface area contributed by atoms with Crippen molar-refractivity contribution in [3.63, 3.8) is 0 Å².